The van der Waals surface area contributed by atoms with Gasteiger partial charge in [-0.15, -0.1) is 0 Å². The molecule has 0 rings (SSSR count). The highest BCUT2D eigenvalue weighted by atomic mass is 16.6. The van der Waals surface area contributed by atoms with Crippen LogP contribution >= 0.6 is 0 Å². The summed E-state index contributed by atoms with van der Waals surface area (Å²) in [6.07, 6.45) is 83.9. The molecule has 0 saturated heterocycles. The van der Waals surface area contributed by atoms with Gasteiger partial charge in [0.25, 0.3) is 0 Å². The Balaban J connectivity index is 4.39. The number of hydrogen-bond acceptors (Lipinski definition) is 5. The standard InChI is InChI=1S/C65H108O5/c1-4-7-10-13-16-19-22-25-28-30-32-34-36-39-42-45-48-51-54-57-60-68-61-63(70-65(67)59-56-53-50-47-44-41-37-27-24-21-18-15-12-9-6-3)62-69-64(66)58-55-52-49-46-43-40-38-35-33-31-29-26-23-20-17-14-11-8-5-2/h8-9,11-12,17-18,20-21,25-29,33,35,37,44,47,53,56,63H,4-7,10,13-16,19,22-24,30-32,34,36,38-43,45-46,48-52,54-55,57-62H2,1-3H3/b11-8-,12-9-,20-17-,21-18-,28-25-,29-26-,35-33-,37-27-,47-44-,56-53-. The van der Waals surface area contributed by atoms with Crippen LogP contribution in [-0.4, -0.2) is 37.9 Å². The zero-order chi connectivity index (χ0) is 50.6. The molecule has 0 aliphatic rings. The first-order valence-corrected chi connectivity index (χ1v) is 29.1. The molecule has 5 nitrogen and oxygen atoms in total. The predicted octanol–water partition coefficient (Wildman–Crippen LogP) is 20.1. The lowest BCUT2D eigenvalue weighted by Gasteiger charge is -2.18. The third-order valence-corrected chi connectivity index (χ3v) is 12.0. The Labute approximate surface area is 433 Å². The SMILES string of the molecule is CC/C=C\C/C=C\C/C=C\C/C=C\C/C=C\CC(=O)OC(COCCCCCCCCCCCC/C=C\CCCCCCCC)COC(=O)CCCCCCCC/C=C\C/C=C\C/C=C\C/C=C\CC. The summed E-state index contributed by atoms with van der Waals surface area (Å²) in [7, 11) is 0. The highest BCUT2D eigenvalue weighted by molar-refractivity contribution is 5.71. The van der Waals surface area contributed by atoms with Gasteiger partial charge in [-0.2, -0.15) is 0 Å². The van der Waals surface area contributed by atoms with Crippen molar-refractivity contribution in [2.24, 2.45) is 0 Å². The second kappa shape index (κ2) is 59.6. The number of hydrogen-bond donors (Lipinski definition) is 0. The minimum atomic E-state index is -0.606. The monoisotopic (exact) mass is 969 g/mol. The molecule has 1 unspecified atom stereocenters. The largest absolute Gasteiger partial charge is 0.462 e. The van der Waals surface area contributed by atoms with Crippen molar-refractivity contribution in [1.82, 2.24) is 0 Å². The van der Waals surface area contributed by atoms with Crippen molar-refractivity contribution < 1.29 is 23.8 Å². The summed E-state index contributed by atoms with van der Waals surface area (Å²) in [6.45, 7) is 7.48. The molecule has 0 heterocycles. The van der Waals surface area contributed by atoms with Crippen LogP contribution in [0.1, 0.15) is 252 Å². The van der Waals surface area contributed by atoms with E-state index in [9.17, 15) is 9.59 Å². The minimum absolute atomic E-state index is 0.0312. The van der Waals surface area contributed by atoms with E-state index in [-0.39, 0.29) is 31.6 Å². The van der Waals surface area contributed by atoms with Crippen LogP contribution in [0.4, 0.5) is 0 Å². The third-order valence-electron chi connectivity index (χ3n) is 12.0. The Morgan fingerprint density at radius 2 is 0.686 bits per heavy atom. The molecule has 0 radical (unpaired) electrons. The fraction of sp³-hybridized carbons (Fsp3) is 0.662. The number of esters is 2. The lowest BCUT2D eigenvalue weighted by Crippen LogP contribution is -2.29. The van der Waals surface area contributed by atoms with Gasteiger partial charge in [-0.3, -0.25) is 9.59 Å². The molecular formula is C65H108O5. The average molecular weight is 970 g/mol. The Bertz CT molecular complexity index is 1420. The van der Waals surface area contributed by atoms with E-state index in [4.69, 9.17) is 14.2 Å². The van der Waals surface area contributed by atoms with E-state index in [1.165, 1.54) is 122 Å². The van der Waals surface area contributed by atoms with E-state index in [0.29, 0.717) is 13.0 Å². The zero-order valence-electron chi connectivity index (χ0n) is 45.7. The van der Waals surface area contributed by atoms with E-state index < -0.39 is 6.10 Å². The molecule has 398 valence electrons. The smallest absolute Gasteiger partial charge is 0.310 e. The fourth-order valence-corrected chi connectivity index (χ4v) is 7.75. The number of unbranched alkanes of at least 4 members (excludes halogenated alkanes) is 22. The Hall–Kier alpha value is -3.70. The van der Waals surface area contributed by atoms with Gasteiger partial charge < -0.3 is 14.2 Å². The summed E-state index contributed by atoms with van der Waals surface area (Å²) < 4.78 is 17.4. The van der Waals surface area contributed by atoms with Crippen molar-refractivity contribution >= 4 is 11.9 Å². The number of carbonyl (C=O) groups excluding carboxylic acids is 2. The Morgan fingerprint density at radius 1 is 0.343 bits per heavy atom. The summed E-state index contributed by atoms with van der Waals surface area (Å²) in [5.74, 6) is -0.562. The molecule has 0 aromatic carbocycles. The van der Waals surface area contributed by atoms with Gasteiger partial charge in [0.2, 0.25) is 0 Å². The number of allylic oxidation sites excluding steroid dienone is 19. The van der Waals surface area contributed by atoms with Gasteiger partial charge in [-0.1, -0.05) is 251 Å². The average Bonchev–Trinajstić information content (AvgIpc) is 3.36. The molecule has 0 fully saturated rings. The van der Waals surface area contributed by atoms with E-state index in [1.807, 2.05) is 12.2 Å². The normalized spacial score (nSPS) is 13.1. The lowest BCUT2D eigenvalue weighted by atomic mass is 10.1. The molecule has 0 amide bonds. The predicted molar refractivity (Wildman–Crippen MR) is 306 cm³/mol. The van der Waals surface area contributed by atoms with Gasteiger partial charge in [0.05, 0.1) is 13.0 Å². The van der Waals surface area contributed by atoms with Gasteiger partial charge in [0.1, 0.15) is 6.61 Å². The molecule has 0 spiro atoms. The first-order chi connectivity index (χ1) is 34.6. The summed E-state index contributed by atoms with van der Waals surface area (Å²) in [6, 6.07) is 0. The van der Waals surface area contributed by atoms with E-state index in [2.05, 4.69) is 130 Å². The van der Waals surface area contributed by atoms with Crippen molar-refractivity contribution in [2.75, 3.05) is 19.8 Å². The molecule has 0 aliphatic heterocycles. The molecule has 70 heavy (non-hydrogen) atoms. The van der Waals surface area contributed by atoms with Gasteiger partial charge in [-0.25, -0.2) is 0 Å². The quantitative estimate of drug-likeness (QED) is 0.0345. The van der Waals surface area contributed by atoms with Crippen LogP contribution < -0.4 is 0 Å². The molecule has 0 saturated carbocycles. The molecule has 5 heteroatoms. The topological polar surface area (TPSA) is 61.8 Å². The lowest BCUT2D eigenvalue weighted by molar-refractivity contribution is -0.162. The van der Waals surface area contributed by atoms with Crippen LogP contribution in [-0.2, 0) is 23.8 Å². The molecule has 1 atom stereocenters. The van der Waals surface area contributed by atoms with Crippen molar-refractivity contribution in [3.8, 4) is 0 Å². The van der Waals surface area contributed by atoms with E-state index in [0.717, 1.165) is 96.3 Å². The highest BCUT2D eigenvalue weighted by Crippen LogP contribution is 2.14. The van der Waals surface area contributed by atoms with Crippen LogP contribution in [0.5, 0.6) is 0 Å². The van der Waals surface area contributed by atoms with Gasteiger partial charge in [0.15, 0.2) is 6.10 Å². The molecule has 0 bridgehead atoms. The Kier molecular flexibility index (Phi) is 56.5. The van der Waals surface area contributed by atoms with Crippen molar-refractivity contribution in [1.29, 1.82) is 0 Å². The molecular weight excluding hydrogens is 861 g/mol. The first-order valence-electron chi connectivity index (χ1n) is 29.1. The second-order valence-corrected chi connectivity index (χ2v) is 18.8. The van der Waals surface area contributed by atoms with Crippen LogP contribution in [0.15, 0.2) is 122 Å². The summed E-state index contributed by atoms with van der Waals surface area (Å²) in [4.78, 5) is 25.5. The van der Waals surface area contributed by atoms with Crippen molar-refractivity contribution in [2.45, 2.75) is 258 Å². The fourth-order valence-electron chi connectivity index (χ4n) is 7.75. The summed E-state index contributed by atoms with van der Waals surface area (Å²) in [5.41, 5.74) is 0. The summed E-state index contributed by atoms with van der Waals surface area (Å²) in [5, 5.41) is 0. The van der Waals surface area contributed by atoms with Crippen LogP contribution in [0, 0.1) is 0 Å². The molecule has 0 aromatic rings. The third kappa shape index (κ3) is 56.9. The van der Waals surface area contributed by atoms with Crippen molar-refractivity contribution in [3.63, 3.8) is 0 Å². The van der Waals surface area contributed by atoms with Gasteiger partial charge >= 0.3 is 11.9 Å². The molecule has 0 aliphatic carbocycles. The van der Waals surface area contributed by atoms with Gasteiger partial charge in [0, 0.05) is 13.0 Å². The maximum atomic E-state index is 12.8. The highest BCUT2D eigenvalue weighted by Gasteiger charge is 2.17. The molecule has 0 N–H and O–H groups in total. The zero-order valence-corrected chi connectivity index (χ0v) is 45.7. The van der Waals surface area contributed by atoms with E-state index >= 15 is 0 Å². The maximum Gasteiger partial charge on any atom is 0.310 e. The van der Waals surface area contributed by atoms with Crippen LogP contribution in [0.2, 0.25) is 0 Å². The maximum absolute atomic E-state index is 12.8. The number of ether oxygens (including phenoxy) is 3. The first kappa shape index (κ1) is 66.3. The van der Waals surface area contributed by atoms with Crippen molar-refractivity contribution in [3.05, 3.63) is 122 Å². The molecule has 0 aromatic heterocycles. The second-order valence-electron chi connectivity index (χ2n) is 18.8. The van der Waals surface area contributed by atoms with Gasteiger partial charge in [-0.05, 0) is 109 Å². The number of carbonyl (C=O) groups is 2. The Morgan fingerprint density at radius 3 is 1.11 bits per heavy atom. The minimum Gasteiger partial charge on any atom is -0.462 e. The van der Waals surface area contributed by atoms with Crippen LogP contribution in [0.25, 0.3) is 0 Å². The number of rotatable bonds is 52. The summed E-state index contributed by atoms with van der Waals surface area (Å²) >= 11 is 0. The van der Waals surface area contributed by atoms with Crippen LogP contribution in [0.3, 0.4) is 0 Å². The van der Waals surface area contributed by atoms with E-state index in [1.54, 1.807) is 0 Å².